The van der Waals surface area contributed by atoms with Crippen molar-refractivity contribution in [3.8, 4) is 17.0 Å². The van der Waals surface area contributed by atoms with Crippen LogP contribution in [0.2, 0.25) is 0 Å². The summed E-state index contributed by atoms with van der Waals surface area (Å²) < 4.78 is 5.93. The van der Waals surface area contributed by atoms with E-state index in [9.17, 15) is 4.79 Å². The number of hydrogen-bond acceptors (Lipinski definition) is 5. The van der Waals surface area contributed by atoms with E-state index in [2.05, 4.69) is 21.2 Å². The maximum Gasteiger partial charge on any atom is 0.263 e. The number of hydrogen-bond donors (Lipinski definition) is 0. The average molecular weight is 417 g/mol. The standard InChI is InChI=1S/C25H28N4O2/c1-18-15-19(2)17-22(16-18)31-20(3)25(30)29-13-11-28(12-14-29)24-10-9-23(26-27-24)21-7-5-4-6-8-21/h4-10,15-17,20H,11-14H2,1-3H3. The Labute approximate surface area is 183 Å². The van der Waals surface area contributed by atoms with E-state index >= 15 is 0 Å². The van der Waals surface area contributed by atoms with Crippen LogP contribution < -0.4 is 9.64 Å². The number of ether oxygens (including phenoxy) is 1. The minimum Gasteiger partial charge on any atom is -0.481 e. The minimum absolute atomic E-state index is 0.0179. The fourth-order valence-electron chi connectivity index (χ4n) is 3.93. The topological polar surface area (TPSA) is 58.6 Å². The van der Waals surface area contributed by atoms with Crippen LogP contribution in [0, 0.1) is 13.8 Å². The molecule has 1 unspecified atom stereocenters. The highest BCUT2D eigenvalue weighted by Crippen LogP contribution is 2.21. The molecule has 6 heteroatoms. The van der Waals surface area contributed by atoms with Gasteiger partial charge >= 0.3 is 0 Å². The second-order valence-corrected chi connectivity index (χ2v) is 8.04. The summed E-state index contributed by atoms with van der Waals surface area (Å²) in [5.41, 5.74) is 4.16. The van der Waals surface area contributed by atoms with Crippen molar-refractivity contribution in [2.75, 3.05) is 31.1 Å². The Kier molecular flexibility index (Phi) is 6.16. The van der Waals surface area contributed by atoms with Crippen molar-refractivity contribution in [3.63, 3.8) is 0 Å². The van der Waals surface area contributed by atoms with Gasteiger partial charge in [0.1, 0.15) is 5.75 Å². The number of piperazine rings is 1. The monoisotopic (exact) mass is 416 g/mol. The van der Waals surface area contributed by atoms with Crippen LogP contribution in [-0.2, 0) is 4.79 Å². The molecule has 160 valence electrons. The number of carbonyl (C=O) groups excluding carboxylic acids is 1. The van der Waals surface area contributed by atoms with Gasteiger partial charge in [-0.05, 0) is 56.2 Å². The van der Waals surface area contributed by atoms with Crippen molar-refractivity contribution < 1.29 is 9.53 Å². The van der Waals surface area contributed by atoms with Gasteiger partial charge in [-0.2, -0.15) is 0 Å². The number of aryl methyl sites for hydroxylation is 2. The number of amides is 1. The van der Waals surface area contributed by atoms with Crippen LogP contribution in [0.25, 0.3) is 11.3 Å². The molecule has 2 heterocycles. The quantitative estimate of drug-likeness (QED) is 0.632. The number of carbonyl (C=O) groups is 1. The van der Waals surface area contributed by atoms with Gasteiger partial charge in [0.25, 0.3) is 5.91 Å². The highest BCUT2D eigenvalue weighted by Gasteiger charge is 2.26. The summed E-state index contributed by atoms with van der Waals surface area (Å²) in [5, 5.41) is 8.78. The van der Waals surface area contributed by atoms with Crippen LogP contribution >= 0.6 is 0 Å². The molecule has 1 aliphatic rings. The van der Waals surface area contributed by atoms with Gasteiger partial charge in [-0.25, -0.2) is 0 Å². The Morgan fingerprint density at radius 3 is 2.19 bits per heavy atom. The van der Waals surface area contributed by atoms with E-state index < -0.39 is 6.10 Å². The number of aromatic nitrogens is 2. The molecule has 0 saturated carbocycles. The van der Waals surface area contributed by atoms with Gasteiger partial charge in [0.2, 0.25) is 0 Å². The zero-order valence-corrected chi connectivity index (χ0v) is 18.3. The van der Waals surface area contributed by atoms with Gasteiger partial charge in [0.05, 0.1) is 5.69 Å². The summed E-state index contributed by atoms with van der Waals surface area (Å²) >= 11 is 0. The molecule has 1 saturated heterocycles. The third-order valence-corrected chi connectivity index (χ3v) is 5.49. The lowest BCUT2D eigenvalue weighted by molar-refractivity contribution is -0.138. The summed E-state index contributed by atoms with van der Waals surface area (Å²) in [6, 6.07) is 20.0. The molecule has 1 aliphatic heterocycles. The minimum atomic E-state index is -0.516. The molecule has 1 aromatic heterocycles. The molecule has 0 spiro atoms. The van der Waals surface area contributed by atoms with Crippen molar-refractivity contribution in [2.24, 2.45) is 0 Å². The number of benzene rings is 2. The van der Waals surface area contributed by atoms with E-state index in [4.69, 9.17) is 4.74 Å². The number of rotatable bonds is 5. The molecule has 1 fully saturated rings. The second kappa shape index (κ2) is 9.16. The first-order valence-electron chi connectivity index (χ1n) is 10.7. The number of anilines is 1. The molecule has 31 heavy (non-hydrogen) atoms. The van der Waals surface area contributed by atoms with Gasteiger partial charge < -0.3 is 14.5 Å². The van der Waals surface area contributed by atoms with E-state index in [0.29, 0.717) is 13.1 Å². The molecule has 0 bridgehead atoms. The molecular formula is C25H28N4O2. The van der Waals surface area contributed by atoms with Crippen LogP contribution in [0.4, 0.5) is 5.82 Å². The lowest BCUT2D eigenvalue weighted by Crippen LogP contribution is -2.52. The third kappa shape index (κ3) is 5.02. The average Bonchev–Trinajstić information content (AvgIpc) is 2.79. The van der Waals surface area contributed by atoms with Gasteiger partial charge in [0, 0.05) is 31.7 Å². The third-order valence-electron chi connectivity index (χ3n) is 5.49. The van der Waals surface area contributed by atoms with Crippen LogP contribution in [-0.4, -0.2) is 53.3 Å². The van der Waals surface area contributed by atoms with Crippen molar-refractivity contribution in [1.29, 1.82) is 0 Å². The van der Waals surface area contributed by atoms with E-state index in [0.717, 1.165) is 47.0 Å². The van der Waals surface area contributed by atoms with Crippen LogP contribution in [0.15, 0.2) is 60.7 Å². The Morgan fingerprint density at radius 2 is 1.58 bits per heavy atom. The zero-order valence-electron chi connectivity index (χ0n) is 18.3. The van der Waals surface area contributed by atoms with E-state index in [1.807, 2.05) is 80.3 Å². The molecule has 0 aliphatic carbocycles. The Morgan fingerprint density at radius 1 is 0.903 bits per heavy atom. The van der Waals surface area contributed by atoms with Gasteiger partial charge in [-0.3, -0.25) is 4.79 Å². The predicted octanol–water partition coefficient (Wildman–Crippen LogP) is 3.88. The molecule has 6 nitrogen and oxygen atoms in total. The largest absolute Gasteiger partial charge is 0.481 e. The normalized spacial score (nSPS) is 14.9. The molecule has 1 amide bonds. The fourth-order valence-corrected chi connectivity index (χ4v) is 3.93. The Bertz CT molecular complexity index is 1010. The lowest BCUT2D eigenvalue weighted by atomic mass is 10.1. The Balaban J connectivity index is 1.33. The van der Waals surface area contributed by atoms with Crippen LogP contribution in [0.5, 0.6) is 5.75 Å². The van der Waals surface area contributed by atoms with Crippen LogP contribution in [0.1, 0.15) is 18.1 Å². The molecule has 1 atom stereocenters. The SMILES string of the molecule is Cc1cc(C)cc(OC(C)C(=O)N2CCN(c3ccc(-c4ccccc4)nn3)CC2)c1. The molecule has 0 radical (unpaired) electrons. The fraction of sp³-hybridized carbons (Fsp3) is 0.320. The zero-order chi connectivity index (χ0) is 21.8. The summed E-state index contributed by atoms with van der Waals surface area (Å²) in [5.74, 6) is 1.60. The molecule has 0 N–H and O–H groups in total. The van der Waals surface area contributed by atoms with E-state index in [1.54, 1.807) is 0 Å². The van der Waals surface area contributed by atoms with Crippen molar-refractivity contribution in [2.45, 2.75) is 26.9 Å². The molecule has 4 rings (SSSR count). The van der Waals surface area contributed by atoms with Gasteiger partial charge in [0.15, 0.2) is 11.9 Å². The molecule has 2 aromatic carbocycles. The summed E-state index contributed by atoms with van der Waals surface area (Å²) in [4.78, 5) is 16.9. The van der Waals surface area contributed by atoms with Crippen molar-refractivity contribution >= 4 is 11.7 Å². The second-order valence-electron chi connectivity index (χ2n) is 8.04. The van der Waals surface area contributed by atoms with E-state index in [1.165, 1.54) is 0 Å². The van der Waals surface area contributed by atoms with Crippen LogP contribution in [0.3, 0.4) is 0 Å². The lowest BCUT2D eigenvalue weighted by Gasteiger charge is -2.36. The van der Waals surface area contributed by atoms with Crippen molar-refractivity contribution in [3.05, 3.63) is 71.8 Å². The highest BCUT2D eigenvalue weighted by molar-refractivity contribution is 5.81. The Hall–Kier alpha value is -3.41. The maximum atomic E-state index is 12.9. The van der Waals surface area contributed by atoms with E-state index in [-0.39, 0.29) is 5.91 Å². The summed E-state index contributed by atoms with van der Waals surface area (Å²) in [6.07, 6.45) is -0.516. The van der Waals surface area contributed by atoms with Crippen molar-refractivity contribution in [1.82, 2.24) is 15.1 Å². The summed E-state index contributed by atoms with van der Waals surface area (Å²) in [7, 11) is 0. The molecular weight excluding hydrogens is 388 g/mol. The first-order valence-corrected chi connectivity index (χ1v) is 10.7. The maximum absolute atomic E-state index is 12.9. The summed E-state index contributed by atoms with van der Waals surface area (Å²) in [6.45, 7) is 8.60. The first-order chi connectivity index (χ1) is 15.0. The molecule has 3 aromatic rings. The van der Waals surface area contributed by atoms with Gasteiger partial charge in [-0.1, -0.05) is 36.4 Å². The number of nitrogens with zero attached hydrogens (tertiary/aromatic N) is 4. The predicted molar refractivity (Wildman–Crippen MR) is 122 cm³/mol. The first kappa shape index (κ1) is 20.8. The highest BCUT2D eigenvalue weighted by atomic mass is 16.5. The smallest absolute Gasteiger partial charge is 0.263 e. The van der Waals surface area contributed by atoms with Gasteiger partial charge in [-0.15, -0.1) is 10.2 Å².